The molecule has 0 aliphatic rings. The van der Waals surface area contributed by atoms with E-state index in [2.05, 4.69) is 15.5 Å². The molecule has 1 amide bonds. The summed E-state index contributed by atoms with van der Waals surface area (Å²) in [6.45, 7) is 5.72. The summed E-state index contributed by atoms with van der Waals surface area (Å²) in [6.07, 6.45) is 2.44. The number of thioether (sulfide) groups is 1. The minimum absolute atomic E-state index is 0.120. The summed E-state index contributed by atoms with van der Waals surface area (Å²) < 4.78 is 10.0. The number of esters is 1. The number of ether oxygens (including phenoxy) is 1. The summed E-state index contributed by atoms with van der Waals surface area (Å²) in [7, 11) is 1.31. The van der Waals surface area contributed by atoms with Crippen molar-refractivity contribution in [3.63, 3.8) is 0 Å². The van der Waals surface area contributed by atoms with Gasteiger partial charge in [0.2, 0.25) is 0 Å². The van der Waals surface area contributed by atoms with Crippen LogP contribution in [0, 0.1) is 6.92 Å². The molecule has 0 radical (unpaired) electrons. The second-order valence-electron chi connectivity index (χ2n) is 6.03. The maximum absolute atomic E-state index is 12.9. The van der Waals surface area contributed by atoms with Gasteiger partial charge in [0.25, 0.3) is 11.6 Å². The van der Waals surface area contributed by atoms with Gasteiger partial charge in [-0.25, -0.2) is 9.78 Å². The molecule has 0 aromatic carbocycles. The van der Waals surface area contributed by atoms with Gasteiger partial charge in [0.05, 0.1) is 23.8 Å². The first-order valence-electron chi connectivity index (χ1n) is 8.03. The zero-order valence-corrected chi connectivity index (χ0v) is 15.9. The number of nitrogens with zero attached hydrogens (tertiary/aromatic N) is 2. The molecule has 0 aliphatic heterocycles. The number of amides is 1. The molecule has 2 rings (SSSR count). The minimum Gasteiger partial charge on any atom is -0.467 e. The van der Waals surface area contributed by atoms with Crippen molar-refractivity contribution in [1.82, 2.24) is 15.5 Å². The Hall–Kier alpha value is -2.09. The number of fused-ring (bicyclic) bond motifs is 1. The maximum atomic E-state index is 12.9. The molecule has 2 aromatic rings. The highest BCUT2D eigenvalue weighted by Crippen LogP contribution is 2.25. The number of rotatable bonds is 7. The van der Waals surface area contributed by atoms with Crippen LogP contribution in [0.3, 0.4) is 0 Å². The van der Waals surface area contributed by atoms with E-state index in [-0.39, 0.29) is 11.8 Å². The van der Waals surface area contributed by atoms with E-state index in [0.29, 0.717) is 28.8 Å². The fourth-order valence-electron chi connectivity index (χ4n) is 2.45. The number of methoxy groups -OCH3 is 1. The van der Waals surface area contributed by atoms with Gasteiger partial charge in [-0.1, -0.05) is 19.0 Å². The summed E-state index contributed by atoms with van der Waals surface area (Å²) in [5, 5.41) is 7.24. The molecule has 0 fully saturated rings. The predicted octanol–water partition coefficient (Wildman–Crippen LogP) is 2.68. The third-order valence-electron chi connectivity index (χ3n) is 3.87. The second-order valence-corrected chi connectivity index (χ2v) is 7.01. The third kappa shape index (κ3) is 4.31. The van der Waals surface area contributed by atoms with Crippen LogP contribution in [0.1, 0.15) is 47.9 Å². The fourth-order valence-corrected chi connectivity index (χ4v) is 2.92. The van der Waals surface area contributed by atoms with E-state index in [9.17, 15) is 9.59 Å². The fraction of sp³-hybridized carbons (Fsp3) is 0.529. The van der Waals surface area contributed by atoms with E-state index in [1.54, 1.807) is 24.8 Å². The standard InChI is InChI=1S/C17H23N3O4S/c1-9(2)13-8-11(14-10(3)20-24-16(14)19-13)15(21)18-12(6-7-25-5)17(22)23-4/h8-9,12H,6-7H2,1-5H3,(H,18,21)/t12-/m1/s1. The van der Waals surface area contributed by atoms with Crippen LogP contribution in [0.2, 0.25) is 0 Å². The molecule has 1 N–H and O–H groups in total. The van der Waals surface area contributed by atoms with Gasteiger partial charge in [-0.3, -0.25) is 4.79 Å². The van der Waals surface area contributed by atoms with Crippen LogP contribution in [0.5, 0.6) is 0 Å². The van der Waals surface area contributed by atoms with Crippen molar-refractivity contribution in [3.8, 4) is 0 Å². The lowest BCUT2D eigenvalue weighted by Gasteiger charge is -2.17. The number of nitrogens with one attached hydrogen (secondary N) is 1. The first-order chi connectivity index (χ1) is 11.9. The highest BCUT2D eigenvalue weighted by molar-refractivity contribution is 7.98. The van der Waals surface area contributed by atoms with Gasteiger partial charge in [-0.2, -0.15) is 11.8 Å². The molecule has 0 unspecified atom stereocenters. The van der Waals surface area contributed by atoms with Crippen molar-refractivity contribution in [3.05, 3.63) is 23.0 Å². The second kappa shape index (κ2) is 8.33. The van der Waals surface area contributed by atoms with Gasteiger partial charge in [-0.05, 0) is 37.3 Å². The average Bonchev–Trinajstić information content (AvgIpc) is 2.98. The number of pyridine rings is 1. The highest BCUT2D eigenvalue weighted by Gasteiger charge is 2.25. The summed E-state index contributed by atoms with van der Waals surface area (Å²) >= 11 is 1.60. The van der Waals surface area contributed by atoms with Gasteiger partial charge in [0.1, 0.15) is 6.04 Å². The van der Waals surface area contributed by atoms with Crippen LogP contribution in [0.25, 0.3) is 11.1 Å². The number of hydrogen-bond donors (Lipinski definition) is 1. The van der Waals surface area contributed by atoms with Gasteiger partial charge in [0.15, 0.2) is 0 Å². The molecule has 0 saturated carbocycles. The van der Waals surface area contributed by atoms with Gasteiger partial charge < -0.3 is 14.6 Å². The molecule has 0 aliphatic carbocycles. The summed E-state index contributed by atoms with van der Waals surface area (Å²) in [4.78, 5) is 29.2. The van der Waals surface area contributed by atoms with Crippen LogP contribution in [0.4, 0.5) is 0 Å². The molecule has 0 saturated heterocycles. The predicted molar refractivity (Wildman–Crippen MR) is 96.9 cm³/mol. The van der Waals surface area contributed by atoms with Gasteiger partial charge >= 0.3 is 5.97 Å². The van der Waals surface area contributed by atoms with Crippen molar-refractivity contribution in [2.75, 3.05) is 19.1 Å². The lowest BCUT2D eigenvalue weighted by molar-refractivity contribution is -0.142. The van der Waals surface area contributed by atoms with Crippen LogP contribution in [-0.4, -0.2) is 47.2 Å². The smallest absolute Gasteiger partial charge is 0.328 e. The molecule has 136 valence electrons. The van der Waals surface area contributed by atoms with Crippen molar-refractivity contribution in [2.24, 2.45) is 0 Å². The van der Waals surface area contributed by atoms with Gasteiger partial charge in [0, 0.05) is 5.69 Å². The van der Waals surface area contributed by atoms with Gasteiger partial charge in [-0.15, -0.1) is 0 Å². The molecular formula is C17H23N3O4S. The Kier molecular flexibility index (Phi) is 6.41. The Balaban J connectivity index is 2.39. The monoisotopic (exact) mass is 365 g/mol. The maximum Gasteiger partial charge on any atom is 0.328 e. The van der Waals surface area contributed by atoms with E-state index in [0.717, 1.165) is 11.4 Å². The van der Waals surface area contributed by atoms with Crippen LogP contribution in [0.15, 0.2) is 10.6 Å². The zero-order chi connectivity index (χ0) is 18.6. The molecule has 7 nitrogen and oxygen atoms in total. The molecule has 0 bridgehead atoms. The SMILES string of the molecule is COC(=O)[C@@H](CCSC)NC(=O)c1cc(C(C)C)nc2onc(C)c12. The van der Waals surface area contributed by atoms with Crippen molar-refractivity contribution < 1.29 is 18.8 Å². The van der Waals surface area contributed by atoms with Crippen molar-refractivity contribution in [2.45, 2.75) is 39.2 Å². The Labute approximate surface area is 150 Å². The Morgan fingerprint density at radius 3 is 2.72 bits per heavy atom. The van der Waals surface area contributed by atoms with Crippen LogP contribution in [-0.2, 0) is 9.53 Å². The Morgan fingerprint density at radius 2 is 2.12 bits per heavy atom. The lowest BCUT2D eigenvalue weighted by atomic mass is 10.0. The summed E-state index contributed by atoms with van der Waals surface area (Å²) in [6, 6.07) is 1.03. The van der Waals surface area contributed by atoms with Crippen molar-refractivity contribution >= 4 is 34.7 Å². The van der Waals surface area contributed by atoms with Crippen LogP contribution >= 0.6 is 11.8 Å². The quantitative estimate of drug-likeness (QED) is 0.754. The summed E-state index contributed by atoms with van der Waals surface area (Å²) in [5.74, 6) is 0.0279. The number of carbonyl (C=O) groups excluding carboxylic acids is 2. The van der Waals surface area contributed by atoms with Crippen molar-refractivity contribution in [1.29, 1.82) is 0 Å². The molecule has 2 heterocycles. The minimum atomic E-state index is -0.698. The molecule has 1 atom stereocenters. The average molecular weight is 365 g/mol. The number of carbonyl (C=O) groups is 2. The van der Waals surface area contributed by atoms with E-state index in [1.807, 2.05) is 20.1 Å². The topological polar surface area (TPSA) is 94.3 Å². The normalized spacial score (nSPS) is 12.4. The zero-order valence-electron chi connectivity index (χ0n) is 15.1. The number of aromatic nitrogens is 2. The summed E-state index contributed by atoms with van der Waals surface area (Å²) in [5.41, 5.74) is 2.05. The number of aryl methyl sites for hydroxylation is 1. The molecule has 25 heavy (non-hydrogen) atoms. The van der Waals surface area contributed by atoms with E-state index < -0.39 is 12.0 Å². The van der Waals surface area contributed by atoms with E-state index in [1.165, 1.54) is 7.11 Å². The Bertz CT molecular complexity index is 773. The molecule has 0 spiro atoms. The highest BCUT2D eigenvalue weighted by atomic mass is 32.2. The first kappa shape index (κ1) is 19.2. The van der Waals surface area contributed by atoms with E-state index in [4.69, 9.17) is 9.26 Å². The molecule has 2 aromatic heterocycles. The van der Waals surface area contributed by atoms with Crippen LogP contribution < -0.4 is 5.32 Å². The van der Waals surface area contributed by atoms with E-state index >= 15 is 0 Å². The molecular weight excluding hydrogens is 342 g/mol. The third-order valence-corrected chi connectivity index (χ3v) is 4.52. The molecule has 8 heteroatoms. The Morgan fingerprint density at radius 1 is 1.40 bits per heavy atom. The largest absolute Gasteiger partial charge is 0.467 e. The first-order valence-corrected chi connectivity index (χ1v) is 9.43. The lowest BCUT2D eigenvalue weighted by Crippen LogP contribution is -2.42. The number of hydrogen-bond acceptors (Lipinski definition) is 7.